The number of hydrogen-bond donors (Lipinski definition) is 1. The fourth-order valence-electron chi connectivity index (χ4n) is 4.77. The van der Waals surface area contributed by atoms with Crippen LogP contribution in [0, 0.1) is 5.92 Å². The third-order valence-electron chi connectivity index (χ3n) is 6.55. The van der Waals surface area contributed by atoms with Crippen LogP contribution in [-0.4, -0.2) is 27.8 Å². The molecule has 1 fully saturated rings. The second-order valence-corrected chi connectivity index (χ2v) is 10.2. The van der Waals surface area contributed by atoms with Gasteiger partial charge >= 0.3 is 0 Å². The molecular weight excluding hydrogens is 438 g/mol. The molecular formula is C29H37N3OS. The lowest BCUT2D eigenvalue weighted by Crippen LogP contribution is -2.32. The molecule has 0 radical (unpaired) electrons. The Kier molecular flexibility index (Phi) is 9.26. The standard InChI is InChI=1S/C29H37N3OS/c1-2-21-32-27(24-16-8-4-9-17-24)26(23-14-6-3-7-15-23)31-29(32)34-22-13-12-20-30-28(33)25-18-10-5-11-19-25/h3-4,6-9,14-17,25H,2,5,10-13,18-22H2,1H3,(H,30,33). The monoisotopic (exact) mass is 475 g/mol. The number of rotatable bonds is 11. The van der Waals surface area contributed by atoms with Crippen molar-refractivity contribution in [3.05, 3.63) is 60.7 Å². The molecule has 1 N–H and O–H groups in total. The maximum Gasteiger partial charge on any atom is 0.223 e. The SMILES string of the molecule is CCCn1c(SCCCCNC(=O)C2CCCCC2)nc(-c2ccccc2)c1-c1ccccc1. The van der Waals surface area contributed by atoms with Gasteiger partial charge in [0.05, 0.1) is 11.4 Å². The van der Waals surface area contributed by atoms with Gasteiger partial charge in [0.1, 0.15) is 0 Å². The number of benzene rings is 2. The third kappa shape index (κ3) is 6.32. The molecule has 0 bridgehead atoms. The molecule has 4 rings (SSSR count). The Labute approximate surface area is 208 Å². The van der Waals surface area contributed by atoms with Gasteiger partial charge in [0.2, 0.25) is 5.91 Å². The minimum absolute atomic E-state index is 0.248. The molecule has 3 aromatic rings. The molecule has 1 aliphatic carbocycles. The van der Waals surface area contributed by atoms with Crippen molar-refractivity contribution >= 4 is 17.7 Å². The Hall–Kier alpha value is -2.53. The van der Waals surface area contributed by atoms with Crippen LogP contribution in [0.25, 0.3) is 22.5 Å². The highest BCUT2D eigenvalue weighted by atomic mass is 32.2. The predicted octanol–water partition coefficient (Wildman–Crippen LogP) is 7.20. The molecule has 1 amide bonds. The summed E-state index contributed by atoms with van der Waals surface area (Å²) in [4.78, 5) is 17.5. The Morgan fingerprint density at radius 1 is 0.971 bits per heavy atom. The molecule has 0 unspecified atom stereocenters. The average Bonchev–Trinajstić information content (AvgIpc) is 3.26. The van der Waals surface area contributed by atoms with E-state index in [-0.39, 0.29) is 11.8 Å². The van der Waals surface area contributed by atoms with Gasteiger partial charge in [0.15, 0.2) is 5.16 Å². The second kappa shape index (κ2) is 12.8. The summed E-state index contributed by atoms with van der Waals surface area (Å²) in [6.07, 6.45) is 8.96. The molecule has 4 nitrogen and oxygen atoms in total. The number of amides is 1. The molecule has 2 aromatic carbocycles. The van der Waals surface area contributed by atoms with Crippen LogP contribution in [0.15, 0.2) is 65.8 Å². The maximum absolute atomic E-state index is 12.3. The van der Waals surface area contributed by atoms with Crippen LogP contribution in [0.4, 0.5) is 0 Å². The molecule has 1 heterocycles. The summed E-state index contributed by atoms with van der Waals surface area (Å²) in [7, 11) is 0. The van der Waals surface area contributed by atoms with Crippen molar-refractivity contribution in [1.29, 1.82) is 0 Å². The first-order valence-corrected chi connectivity index (χ1v) is 13.9. The maximum atomic E-state index is 12.3. The minimum Gasteiger partial charge on any atom is -0.356 e. The van der Waals surface area contributed by atoms with Crippen LogP contribution in [0.2, 0.25) is 0 Å². The van der Waals surface area contributed by atoms with Crippen molar-refractivity contribution in [2.45, 2.75) is 70.0 Å². The molecule has 0 aliphatic heterocycles. The highest BCUT2D eigenvalue weighted by Gasteiger charge is 2.21. The van der Waals surface area contributed by atoms with Crippen LogP contribution in [-0.2, 0) is 11.3 Å². The Balaban J connectivity index is 1.41. The van der Waals surface area contributed by atoms with Crippen molar-refractivity contribution < 1.29 is 4.79 Å². The van der Waals surface area contributed by atoms with Crippen LogP contribution in [0.3, 0.4) is 0 Å². The van der Waals surface area contributed by atoms with Gasteiger partial charge < -0.3 is 9.88 Å². The van der Waals surface area contributed by atoms with E-state index in [4.69, 9.17) is 4.98 Å². The Bertz CT molecular complexity index is 1030. The molecule has 0 saturated heterocycles. The van der Waals surface area contributed by atoms with Gasteiger partial charge in [-0.05, 0) is 32.1 Å². The first-order chi connectivity index (χ1) is 16.8. The number of aromatic nitrogens is 2. The zero-order valence-corrected chi connectivity index (χ0v) is 21.2. The fourth-order valence-corrected chi connectivity index (χ4v) is 5.80. The Morgan fingerprint density at radius 3 is 2.32 bits per heavy atom. The highest BCUT2D eigenvalue weighted by molar-refractivity contribution is 7.99. The normalized spacial score (nSPS) is 14.3. The zero-order chi connectivity index (χ0) is 23.6. The number of imidazole rings is 1. The molecule has 5 heteroatoms. The van der Waals surface area contributed by atoms with Gasteiger partial charge in [-0.3, -0.25) is 4.79 Å². The average molecular weight is 476 g/mol. The Morgan fingerprint density at radius 2 is 1.65 bits per heavy atom. The largest absolute Gasteiger partial charge is 0.356 e. The summed E-state index contributed by atoms with van der Waals surface area (Å²) in [6, 6.07) is 21.1. The minimum atomic E-state index is 0.248. The van der Waals surface area contributed by atoms with E-state index in [1.165, 1.54) is 30.5 Å². The topological polar surface area (TPSA) is 46.9 Å². The number of hydrogen-bond acceptors (Lipinski definition) is 3. The predicted molar refractivity (Wildman–Crippen MR) is 143 cm³/mol. The van der Waals surface area contributed by atoms with Gasteiger partial charge in [-0.15, -0.1) is 0 Å². The van der Waals surface area contributed by atoms with E-state index < -0.39 is 0 Å². The lowest BCUT2D eigenvalue weighted by molar-refractivity contribution is -0.125. The number of unbranched alkanes of at least 4 members (excludes halogenated alkanes) is 1. The van der Waals surface area contributed by atoms with Gasteiger partial charge in [0, 0.05) is 35.9 Å². The number of carbonyl (C=O) groups excluding carboxylic acids is 1. The summed E-state index contributed by atoms with van der Waals surface area (Å²) in [6.45, 7) is 3.95. The zero-order valence-electron chi connectivity index (χ0n) is 20.3. The summed E-state index contributed by atoms with van der Waals surface area (Å²) in [5.41, 5.74) is 4.63. The molecule has 34 heavy (non-hydrogen) atoms. The fraction of sp³-hybridized carbons (Fsp3) is 0.448. The smallest absolute Gasteiger partial charge is 0.223 e. The summed E-state index contributed by atoms with van der Waals surface area (Å²) >= 11 is 1.84. The summed E-state index contributed by atoms with van der Waals surface area (Å²) in [5.74, 6) is 1.52. The van der Waals surface area contributed by atoms with Gasteiger partial charge in [-0.1, -0.05) is 98.6 Å². The van der Waals surface area contributed by atoms with E-state index in [0.29, 0.717) is 0 Å². The lowest BCUT2D eigenvalue weighted by Gasteiger charge is -2.20. The van der Waals surface area contributed by atoms with E-state index >= 15 is 0 Å². The highest BCUT2D eigenvalue weighted by Crippen LogP contribution is 2.36. The second-order valence-electron chi connectivity index (χ2n) is 9.16. The van der Waals surface area contributed by atoms with Crippen molar-refractivity contribution in [2.24, 2.45) is 5.92 Å². The number of nitrogens with zero attached hydrogens (tertiary/aromatic N) is 2. The van der Waals surface area contributed by atoms with Gasteiger partial charge in [-0.2, -0.15) is 0 Å². The van der Waals surface area contributed by atoms with Gasteiger partial charge in [0.25, 0.3) is 0 Å². The lowest BCUT2D eigenvalue weighted by atomic mass is 9.89. The van der Waals surface area contributed by atoms with E-state index in [1.54, 1.807) is 0 Å². The van der Waals surface area contributed by atoms with Crippen LogP contribution in [0.5, 0.6) is 0 Å². The third-order valence-corrected chi connectivity index (χ3v) is 7.61. The van der Waals surface area contributed by atoms with Crippen molar-refractivity contribution in [3.8, 4) is 22.5 Å². The van der Waals surface area contributed by atoms with Crippen molar-refractivity contribution in [1.82, 2.24) is 14.9 Å². The summed E-state index contributed by atoms with van der Waals surface area (Å²) in [5, 5.41) is 4.26. The van der Waals surface area contributed by atoms with Crippen LogP contribution < -0.4 is 5.32 Å². The quantitative estimate of drug-likeness (QED) is 0.236. The van der Waals surface area contributed by atoms with E-state index in [2.05, 4.69) is 77.5 Å². The first-order valence-electron chi connectivity index (χ1n) is 12.9. The molecule has 1 aromatic heterocycles. The van der Waals surface area contributed by atoms with Crippen LogP contribution >= 0.6 is 11.8 Å². The first kappa shape index (κ1) is 24.6. The van der Waals surface area contributed by atoms with E-state index in [1.807, 2.05) is 11.8 Å². The van der Waals surface area contributed by atoms with Crippen LogP contribution in [0.1, 0.15) is 58.3 Å². The van der Waals surface area contributed by atoms with Gasteiger partial charge in [-0.25, -0.2) is 4.98 Å². The summed E-state index contributed by atoms with van der Waals surface area (Å²) < 4.78 is 2.40. The van der Waals surface area contributed by atoms with Crippen molar-refractivity contribution in [3.63, 3.8) is 0 Å². The molecule has 1 saturated carbocycles. The number of thioether (sulfide) groups is 1. The molecule has 1 aliphatic rings. The number of carbonyl (C=O) groups is 1. The number of nitrogens with one attached hydrogen (secondary N) is 1. The molecule has 180 valence electrons. The molecule has 0 spiro atoms. The van der Waals surface area contributed by atoms with Crippen molar-refractivity contribution in [2.75, 3.05) is 12.3 Å². The van der Waals surface area contributed by atoms with E-state index in [9.17, 15) is 4.79 Å². The molecule has 0 atom stereocenters. The van der Waals surface area contributed by atoms with E-state index in [0.717, 1.165) is 67.4 Å².